The normalized spacial score (nSPS) is 15.3. The second-order valence-corrected chi connectivity index (χ2v) is 6.71. The van der Waals surface area contributed by atoms with Gasteiger partial charge in [0.05, 0.1) is 13.2 Å². The predicted octanol–water partition coefficient (Wildman–Crippen LogP) is 2.91. The largest absolute Gasteiger partial charge is 0.507 e. The third-order valence-corrected chi connectivity index (χ3v) is 4.55. The van der Waals surface area contributed by atoms with Crippen molar-refractivity contribution >= 4 is 27.8 Å². The van der Waals surface area contributed by atoms with Crippen LogP contribution in [0.15, 0.2) is 53.0 Å². The molecule has 1 aliphatic heterocycles. The van der Waals surface area contributed by atoms with Crippen LogP contribution in [0.4, 0.5) is 0 Å². The van der Waals surface area contributed by atoms with Crippen LogP contribution in [-0.4, -0.2) is 48.2 Å². The number of benzene rings is 2. The molecule has 26 heavy (non-hydrogen) atoms. The number of amides is 1. The van der Waals surface area contributed by atoms with Gasteiger partial charge in [0, 0.05) is 23.1 Å². The molecule has 7 heteroatoms. The van der Waals surface area contributed by atoms with Crippen LogP contribution in [0.5, 0.6) is 5.75 Å². The van der Waals surface area contributed by atoms with Crippen LogP contribution in [0, 0.1) is 0 Å². The van der Waals surface area contributed by atoms with Gasteiger partial charge in [-0.3, -0.25) is 4.79 Å². The van der Waals surface area contributed by atoms with Crippen LogP contribution in [0.2, 0.25) is 0 Å². The van der Waals surface area contributed by atoms with Gasteiger partial charge in [0.1, 0.15) is 11.3 Å². The molecular formula is C19H18BrNO5. The Hall–Kier alpha value is -2.38. The van der Waals surface area contributed by atoms with Gasteiger partial charge in [-0.1, -0.05) is 46.3 Å². The zero-order chi connectivity index (χ0) is 18.5. The molecule has 1 N–H and O–H groups in total. The number of phenolic OH excluding ortho intramolecular Hbond substituents is 1. The molecule has 1 amide bonds. The number of hydrogen-bond donors (Lipinski definition) is 1. The lowest BCUT2D eigenvalue weighted by Crippen LogP contribution is -2.44. The van der Waals surface area contributed by atoms with Crippen molar-refractivity contribution in [2.45, 2.75) is 6.10 Å². The van der Waals surface area contributed by atoms with Crippen molar-refractivity contribution in [2.24, 2.45) is 0 Å². The van der Waals surface area contributed by atoms with E-state index in [1.54, 1.807) is 35.2 Å². The fourth-order valence-electron chi connectivity index (χ4n) is 2.68. The lowest BCUT2D eigenvalue weighted by atomic mass is 10.1. The Morgan fingerprint density at radius 2 is 1.81 bits per heavy atom. The van der Waals surface area contributed by atoms with E-state index in [1.165, 1.54) is 12.1 Å². The maximum absolute atomic E-state index is 12.9. The van der Waals surface area contributed by atoms with Crippen molar-refractivity contribution in [1.29, 1.82) is 0 Å². The zero-order valence-electron chi connectivity index (χ0n) is 13.9. The summed E-state index contributed by atoms with van der Waals surface area (Å²) in [5.41, 5.74) is 0.571. The zero-order valence-corrected chi connectivity index (χ0v) is 15.5. The molecule has 1 fully saturated rings. The lowest BCUT2D eigenvalue weighted by Gasteiger charge is -2.30. The van der Waals surface area contributed by atoms with Gasteiger partial charge in [0.2, 0.25) is 6.10 Å². The quantitative estimate of drug-likeness (QED) is 0.770. The maximum atomic E-state index is 12.9. The summed E-state index contributed by atoms with van der Waals surface area (Å²) in [6.07, 6.45) is -1.08. The van der Waals surface area contributed by atoms with Crippen LogP contribution in [-0.2, 0) is 14.3 Å². The van der Waals surface area contributed by atoms with Crippen molar-refractivity contribution in [3.05, 3.63) is 64.1 Å². The highest BCUT2D eigenvalue weighted by atomic mass is 79.9. The predicted molar refractivity (Wildman–Crippen MR) is 97.8 cm³/mol. The molecule has 3 rings (SSSR count). The molecule has 0 spiro atoms. The van der Waals surface area contributed by atoms with Gasteiger partial charge in [-0.25, -0.2) is 4.79 Å². The van der Waals surface area contributed by atoms with E-state index in [0.29, 0.717) is 36.3 Å². The number of aromatic hydroxyl groups is 1. The molecule has 0 radical (unpaired) electrons. The summed E-state index contributed by atoms with van der Waals surface area (Å²) < 4.78 is 11.4. The number of hydrogen-bond acceptors (Lipinski definition) is 5. The van der Waals surface area contributed by atoms with Gasteiger partial charge in [-0.2, -0.15) is 0 Å². The van der Waals surface area contributed by atoms with Gasteiger partial charge in [0.15, 0.2) is 0 Å². The van der Waals surface area contributed by atoms with E-state index in [9.17, 15) is 14.7 Å². The highest BCUT2D eigenvalue weighted by Gasteiger charge is 2.31. The Balaban J connectivity index is 1.87. The fourth-order valence-corrected chi connectivity index (χ4v) is 3.04. The van der Waals surface area contributed by atoms with E-state index in [2.05, 4.69) is 15.9 Å². The highest BCUT2D eigenvalue weighted by Crippen LogP contribution is 2.27. The Kier molecular flexibility index (Phi) is 5.90. The minimum absolute atomic E-state index is 0.00455. The molecule has 0 saturated carbocycles. The average molecular weight is 420 g/mol. The second kappa shape index (κ2) is 8.33. The van der Waals surface area contributed by atoms with E-state index in [-0.39, 0.29) is 17.2 Å². The summed E-state index contributed by atoms with van der Waals surface area (Å²) >= 11 is 3.26. The van der Waals surface area contributed by atoms with Gasteiger partial charge in [0.25, 0.3) is 5.91 Å². The lowest BCUT2D eigenvalue weighted by molar-refractivity contribution is -0.145. The van der Waals surface area contributed by atoms with Crippen molar-refractivity contribution in [3.8, 4) is 5.75 Å². The molecule has 1 aliphatic rings. The van der Waals surface area contributed by atoms with E-state index >= 15 is 0 Å². The number of halogens is 1. The van der Waals surface area contributed by atoms with Gasteiger partial charge in [-0.15, -0.1) is 0 Å². The van der Waals surface area contributed by atoms with Crippen LogP contribution in [0.3, 0.4) is 0 Å². The summed E-state index contributed by atoms with van der Waals surface area (Å²) in [7, 11) is 0. The first-order valence-electron chi connectivity index (χ1n) is 8.17. The summed E-state index contributed by atoms with van der Waals surface area (Å²) in [6, 6.07) is 13.3. The summed E-state index contributed by atoms with van der Waals surface area (Å²) in [6.45, 7) is 1.80. The number of ether oxygens (including phenoxy) is 2. The van der Waals surface area contributed by atoms with E-state index in [1.807, 2.05) is 6.07 Å². The van der Waals surface area contributed by atoms with E-state index in [0.717, 1.165) is 0 Å². The van der Waals surface area contributed by atoms with Crippen molar-refractivity contribution < 1.29 is 24.2 Å². The Morgan fingerprint density at radius 1 is 1.12 bits per heavy atom. The first kappa shape index (κ1) is 18.4. The van der Waals surface area contributed by atoms with Crippen LogP contribution >= 0.6 is 15.9 Å². The SMILES string of the molecule is O=C(O[C@@H](C(=O)N1CCOCC1)c1ccccc1)c1cc(Br)ccc1O. The standard InChI is InChI=1S/C19H18BrNO5/c20-14-6-7-16(22)15(12-14)19(24)26-17(13-4-2-1-3-5-13)18(23)21-8-10-25-11-9-21/h1-7,12,17,22H,8-11H2/t17-/m1/s1. The minimum atomic E-state index is -1.08. The molecule has 1 heterocycles. The number of nitrogens with zero attached hydrogens (tertiary/aromatic N) is 1. The summed E-state index contributed by atoms with van der Waals surface area (Å²) in [5, 5.41) is 9.94. The minimum Gasteiger partial charge on any atom is -0.507 e. The maximum Gasteiger partial charge on any atom is 0.343 e. The fraction of sp³-hybridized carbons (Fsp3) is 0.263. The highest BCUT2D eigenvalue weighted by molar-refractivity contribution is 9.10. The number of esters is 1. The van der Waals surface area contributed by atoms with Crippen molar-refractivity contribution in [1.82, 2.24) is 4.90 Å². The smallest absolute Gasteiger partial charge is 0.343 e. The number of carbonyl (C=O) groups excluding carboxylic acids is 2. The molecule has 136 valence electrons. The topological polar surface area (TPSA) is 76.1 Å². The van der Waals surface area contributed by atoms with Gasteiger partial charge < -0.3 is 19.5 Å². The van der Waals surface area contributed by atoms with Crippen molar-refractivity contribution in [2.75, 3.05) is 26.3 Å². The van der Waals surface area contributed by atoms with Crippen LogP contribution in [0.1, 0.15) is 22.0 Å². The van der Waals surface area contributed by atoms with Crippen LogP contribution < -0.4 is 0 Å². The molecule has 1 atom stereocenters. The summed E-state index contributed by atoms with van der Waals surface area (Å²) in [4.78, 5) is 27.1. The first-order chi connectivity index (χ1) is 12.6. The third-order valence-electron chi connectivity index (χ3n) is 4.05. The molecule has 0 unspecified atom stereocenters. The first-order valence-corrected chi connectivity index (χ1v) is 8.96. The van der Waals surface area contributed by atoms with E-state index in [4.69, 9.17) is 9.47 Å². The monoisotopic (exact) mass is 419 g/mol. The molecule has 6 nitrogen and oxygen atoms in total. The van der Waals surface area contributed by atoms with Gasteiger partial charge in [-0.05, 0) is 18.2 Å². The number of rotatable bonds is 4. The Morgan fingerprint density at radius 3 is 2.50 bits per heavy atom. The Labute approximate surface area is 159 Å². The summed E-state index contributed by atoms with van der Waals surface area (Å²) in [5.74, 6) is -1.27. The van der Waals surface area contributed by atoms with Crippen LogP contribution in [0.25, 0.3) is 0 Å². The Bertz CT molecular complexity index is 790. The molecule has 2 aromatic rings. The third kappa shape index (κ3) is 4.23. The van der Waals surface area contributed by atoms with Gasteiger partial charge >= 0.3 is 5.97 Å². The number of morpholine rings is 1. The molecule has 0 aliphatic carbocycles. The second-order valence-electron chi connectivity index (χ2n) is 5.80. The average Bonchev–Trinajstić information content (AvgIpc) is 2.68. The van der Waals surface area contributed by atoms with Crippen molar-refractivity contribution in [3.63, 3.8) is 0 Å². The molecule has 2 aromatic carbocycles. The number of phenols is 1. The van der Waals surface area contributed by atoms with E-state index < -0.39 is 12.1 Å². The molecule has 1 saturated heterocycles. The molecule has 0 bridgehead atoms. The molecular weight excluding hydrogens is 402 g/mol. The molecule has 0 aromatic heterocycles. The number of carbonyl (C=O) groups is 2.